The molecule has 0 bridgehead atoms. The van der Waals surface area contributed by atoms with Crippen LogP contribution in [0, 0.1) is 0 Å². The first-order valence-electron chi connectivity index (χ1n) is 21.3. The first-order valence-corrected chi connectivity index (χ1v) is 21.3. The zero-order valence-electron chi connectivity index (χ0n) is 37.0. The van der Waals surface area contributed by atoms with Crippen LogP contribution in [0.1, 0.15) is 38.2 Å². The normalized spacial score (nSPS) is 13.4. The van der Waals surface area contributed by atoms with Gasteiger partial charge in [-0.15, -0.1) is 0 Å². The van der Waals surface area contributed by atoms with Crippen LogP contribution in [0.2, 0.25) is 0 Å². The highest BCUT2D eigenvalue weighted by molar-refractivity contribution is 5.90. The summed E-state index contributed by atoms with van der Waals surface area (Å²) < 4.78 is 197. The summed E-state index contributed by atoms with van der Waals surface area (Å²) in [5.41, 5.74) is -12.3. The van der Waals surface area contributed by atoms with Crippen molar-refractivity contribution in [3.8, 4) is 23.0 Å². The van der Waals surface area contributed by atoms with Crippen molar-refractivity contribution >= 4 is 11.9 Å². The molecule has 0 aliphatic rings. The zero-order valence-corrected chi connectivity index (χ0v) is 37.0. The van der Waals surface area contributed by atoms with Crippen molar-refractivity contribution in [1.29, 1.82) is 0 Å². The van der Waals surface area contributed by atoms with Gasteiger partial charge >= 0.3 is 42.2 Å². The van der Waals surface area contributed by atoms with Gasteiger partial charge in [-0.3, -0.25) is 4.79 Å². The second-order valence-electron chi connectivity index (χ2n) is 16.0. The summed E-state index contributed by atoms with van der Waals surface area (Å²) in [6, 6.07) is 31.7. The van der Waals surface area contributed by atoms with Crippen LogP contribution in [0.4, 0.5) is 52.7 Å². The largest absolute Gasteiger partial charge is 0.490 e. The van der Waals surface area contributed by atoms with Crippen molar-refractivity contribution in [2.75, 3.05) is 13.2 Å². The van der Waals surface area contributed by atoms with E-state index in [1.807, 2.05) is 0 Å². The van der Waals surface area contributed by atoms with Crippen LogP contribution >= 0.6 is 0 Å². The number of rotatable bonds is 20. The van der Waals surface area contributed by atoms with Crippen molar-refractivity contribution in [1.82, 2.24) is 0 Å². The second kappa shape index (κ2) is 21.9. The number of benzene rings is 6. The van der Waals surface area contributed by atoms with Gasteiger partial charge in [0.2, 0.25) is 0 Å². The number of carbonyl (C=O) groups is 2. The van der Waals surface area contributed by atoms with E-state index < -0.39 is 83.4 Å². The Balaban J connectivity index is 1.17. The molecule has 21 heteroatoms. The van der Waals surface area contributed by atoms with Crippen LogP contribution in [0.25, 0.3) is 0 Å². The minimum absolute atomic E-state index is 0.0303. The summed E-state index contributed by atoms with van der Waals surface area (Å²) in [6.07, 6.45) is -26.8. The molecule has 0 unspecified atom stereocenters. The molecule has 2 N–H and O–H groups in total. The molecule has 0 aliphatic carbocycles. The number of carboxylic acid groups (broad SMARTS) is 1. The molecule has 0 amide bonds. The molecule has 6 rings (SSSR count). The number of halogens is 12. The summed E-state index contributed by atoms with van der Waals surface area (Å²) >= 11 is 0. The molecule has 382 valence electrons. The molecular weight excluding hydrogens is 985 g/mol. The standard InChI is InChI=1S/C51H40F12O9/c52-48(53,54)46(67,49(55,56)57)36-15-23-40(24-16-36)70-43(28-33-9-5-2-6-10-33)31-69-39-21-13-35(14-22-39)45(66)72-47(50(58,59)60,51(61,62)63)37-17-25-41(26-18-37)71-42(27-32-7-3-1-4-8-32)30-68-38-19-11-34(12-20-38)29-44(64)65/h1-26,42-43,67H,27-31H2,(H,64,65)/t42-,43-/m1/s1. The van der Waals surface area contributed by atoms with Crippen molar-refractivity contribution in [3.63, 3.8) is 0 Å². The first kappa shape index (κ1) is 53.9. The van der Waals surface area contributed by atoms with Gasteiger partial charge in [-0.25, -0.2) is 4.79 Å². The molecule has 6 aromatic rings. The van der Waals surface area contributed by atoms with Crippen LogP contribution in [0.5, 0.6) is 23.0 Å². The van der Waals surface area contributed by atoms with E-state index >= 15 is 0 Å². The Kier molecular flexibility index (Phi) is 16.4. The van der Waals surface area contributed by atoms with Gasteiger partial charge in [-0.05, 0) is 77.4 Å². The molecule has 0 fully saturated rings. The molecule has 0 saturated carbocycles. The number of carboxylic acids is 1. The number of alkyl halides is 12. The van der Waals surface area contributed by atoms with E-state index in [-0.39, 0.29) is 43.1 Å². The molecule has 0 aromatic heterocycles. The Morgan fingerprint density at radius 1 is 0.444 bits per heavy atom. The van der Waals surface area contributed by atoms with E-state index in [9.17, 15) is 67.4 Å². The van der Waals surface area contributed by atoms with Gasteiger partial charge in [0.1, 0.15) is 48.4 Å². The van der Waals surface area contributed by atoms with Crippen LogP contribution < -0.4 is 18.9 Å². The average molecular weight is 1020 g/mol. The van der Waals surface area contributed by atoms with Gasteiger partial charge in [0.05, 0.1) is 12.0 Å². The van der Waals surface area contributed by atoms with E-state index in [1.165, 1.54) is 24.3 Å². The summed E-state index contributed by atoms with van der Waals surface area (Å²) in [7, 11) is 0. The van der Waals surface area contributed by atoms with E-state index in [2.05, 4.69) is 4.74 Å². The van der Waals surface area contributed by atoms with E-state index in [0.717, 1.165) is 54.1 Å². The molecular formula is C51H40F12O9. The minimum Gasteiger partial charge on any atom is -0.490 e. The number of hydrogen-bond acceptors (Lipinski definition) is 8. The number of carbonyl (C=O) groups excluding carboxylic acids is 1. The third-order valence-electron chi connectivity index (χ3n) is 10.9. The van der Waals surface area contributed by atoms with Crippen LogP contribution in [-0.2, 0) is 40.0 Å². The van der Waals surface area contributed by atoms with Gasteiger partial charge in [-0.1, -0.05) is 97.1 Å². The van der Waals surface area contributed by atoms with Crippen LogP contribution in [0.3, 0.4) is 0 Å². The summed E-state index contributed by atoms with van der Waals surface area (Å²) in [4.78, 5) is 24.3. The maximum atomic E-state index is 14.8. The number of esters is 1. The van der Waals surface area contributed by atoms with Gasteiger partial charge in [0, 0.05) is 24.0 Å². The van der Waals surface area contributed by atoms with Crippen molar-refractivity contribution in [2.24, 2.45) is 0 Å². The molecule has 9 nitrogen and oxygen atoms in total. The van der Waals surface area contributed by atoms with Crippen molar-refractivity contribution in [2.45, 2.75) is 67.4 Å². The molecule has 2 atom stereocenters. The van der Waals surface area contributed by atoms with E-state index in [4.69, 9.17) is 24.1 Å². The molecule has 0 aliphatic heterocycles. The van der Waals surface area contributed by atoms with E-state index in [1.54, 1.807) is 60.7 Å². The van der Waals surface area contributed by atoms with Crippen LogP contribution in [-0.4, -0.2) is 72.3 Å². The Labute approximate surface area is 402 Å². The van der Waals surface area contributed by atoms with Crippen molar-refractivity contribution in [3.05, 3.63) is 191 Å². The van der Waals surface area contributed by atoms with E-state index in [0.29, 0.717) is 41.1 Å². The predicted octanol–water partition coefficient (Wildman–Crippen LogP) is 11.9. The van der Waals surface area contributed by atoms with Gasteiger partial charge in [0.15, 0.2) is 0 Å². The predicted molar refractivity (Wildman–Crippen MR) is 232 cm³/mol. The number of ether oxygens (including phenoxy) is 5. The Hall–Kier alpha value is -7.42. The molecule has 0 spiro atoms. The topological polar surface area (TPSA) is 121 Å². The monoisotopic (exact) mass is 1020 g/mol. The maximum absolute atomic E-state index is 14.8. The summed E-state index contributed by atoms with van der Waals surface area (Å²) in [5, 5.41) is 18.8. The highest BCUT2D eigenvalue weighted by Crippen LogP contribution is 2.54. The molecule has 0 radical (unpaired) electrons. The third kappa shape index (κ3) is 12.9. The van der Waals surface area contributed by atoms with Gasteiger partial charge < -0.3 is 33.9 Å². The lowest BCUT2D eigenvalue weighted by Crippen LogP contribution is -2.56. The Morgan fingerprint density at radius 2 is 0.819 bits per heavy atom. The Morgan fingerprint density at radius 3 is 1.19 bits per heavy atom. The number of aliphatic hydroxyl groups is 1. The molecule has 72 heavy (non-hydrogen) atoms. The molecule has 6 aromatic carbocycles. The summed E-state index contributed by atoms with van der Waals surface area (Å²) in [6.45, 7) is -0.577. The highest BCUT2D eigenvalue weighted by atomic mass is 19.4. The van der Waals surface area contributed by atoms with Crippen molar-refractivity contribution < 1.29 is 96.2 Å². The third-order valence-corrected chi connectivity index (χ3v) is 10.9. The molecule has 0 saturated heterocycles. The zero-order chi connectivity index (χ0) is 52.5. The molecule has 0 heterocycles. The lowest BCUT2D eigenvalue weighted by Gasteiger charge is -2.37. The lowest BCUT2D eigenvalue weighted by molar-refractivity contribution is -0.376. The smallest absolute Gasteiger partial charge is 0.442 e. The second-order valence-corrected chi connectivity index (χ2v) is 16.0. The fourth-order valence-corrected chi connectivity index (χ4v) is 7.24. The van der Waals surface area contributed by atoms with Crippen LogP contribution in [0.15, 0.2) is 158 Å². The maximum Gasteiger partial charge on any atom is 0.442 e. The first-order chi connectivity index (χ1) is 33.8. The van der Waals surface area contributed by atoms with Gasteiger partial charge in [0.25, 0.3) is 5.60 Å². The quantitative estimate of drug-likeness (QED) is 0.0569. The SMILES string of the molecule is O=C(O)Cc1ccc(OC[C@@H](Cc2ccccc2)Oc2ccc(C(OC(=O)c3ccc(OC[C@@H](Cc4ccccc4)Oc4ccc(C(O)(C(F)(F)F)C(F)(F)F)cc4)cc3)(C(F)(F)F)C(F)(F)F)cc2)cc1. The average Bonchev–Trinajstić information content (AvgIpc) is 3.31. The summed E-state index contributed by atoms with van der Waals surface area (Å²) in [5.74, 6) is -3.29. The fourth-order valence-electron chi connectivity index (χ4n) is 7.24. The Bertz CT molecular complexity index is 2660. The van der Waals surface area contributed by atoms with Gasteiger partial charge in [-0.2, -0.15) is 52.7 Å². The number of aliphatic carboxylic acids is 1. The lowest BCUT2D eigenvalue weighted by atomic mass is 9.91. The highest BCUT2D eigenvalue weighted by Gasteiger charge is 2.75. The fraction of sp³-hybridized carbons (Fsp3) is 0.255. The minimum atomic E-state index is -6.28. The number of hydrogen-bond donors (Lipinski definition) is 2.